The van der Waals surface area contributed by atoms with Crippen molar-refractivity contribution in [2.75, 3.05) is 27.7 Å². The Labute approximate surface area is 155 Å². The third kappa shape index (κ3) is 6.48. The Balaban J connectivity index is 2.60. The fourth-order valence-corrected chi connectivity index (χ4v) is 2.62. The highest BCUT2D eigenvalue weighted by Gasteiger charge is 2.27. The molecule has 1 aromatic rings. The lowest BCUT2D eigenvalue weighted by Crippen LogP contribution is -3.09. The molecule has 0 aromatic heterocycles. The van der Waals surface area contributed by atoms with Gasteiger partial charge < -0.3 is 20.3 Å². The molecule has 0 spiro atoms. The van der Waals surface area contributed by atoms with Crippen molar-refractivity contribution in [1.82, 2.24) is 10.6 Å². The van der Waals surface area contributed by atoms with E-state index in [4.69, 9.17) is 4.74 Å². The van der Waals surface area contributed by atoms with E-state index in [1.807, 2.05) is 33.0 Å². The number of esters is 1. The molecule has 26 heavy (non-hydrogen) atoms. The molecule has 3 atom stereocenters. The molecule has 1 unspecified atom stereocenters. The average molecular weight is 364 g/mol. The first-order chi connectivity index (χ1) is 12.3. The first-order valence-electron chi connectivity index (χ1n) is 8.81. The smallest absolute Gasteiger partial charge is 0.328 e. The van der Waals surface area contributed by atoms with Crippen molar-refractivity contribution in [3.63, 3.8) is 0 Å². The molecule has 0 saturated carbocycles. The molecule has 2 amide bonds. The van der Waals surface area contributed by atoms with Gasteiger partial charge in [0.15, 0.2) is 6.54 Å². The van der Waals surface area contributed by atoms with Crippen LogP contribution in [0.15, 0.2) is 24.3 Å². The van der Waals surface area contributed by atoms with E-state index in [1.54, 1.807) is 19.2 Å². The minimum absolute atomic E-state index is 0.00367. The Morgan fingerprint density at radius 2 is 1.81 bits per heavy atom. The van der Waals surface area contributed by atoms with Crippen LogP contribution in [0.25, 0.3) is 0 Å². The van der Waals surface area contributed by atoms with Crippen molar-refractivity contribution in [2.45, 2.75) is 32.9 Å². The molecule has 1 aromatic carbocycles. The van der Waals surface area contributed by atoms with Gasteiger partial charge in [0.2, 0.25) is 0 Å². The second-order valence-electron chi connectivity index (χ2n) is 6.54. The van der Waals surface area contributed by atoms with Crippen molar-refractivity contribution in [2.24, 2.45) is 5.92 Å². The van der Waals surface area contributed by atoms with Crippen LogP contribution in [-0.2, 0) is 20.9 Å². The number of ether oxygens (including phenoxy) is 1. The van der Waals surface area contributed by atoms with E-state index in [-0.39, 0.29) is 24.3 Å². The Morgan fingerprint density at radius 3 is 2.31 bits per heavy atom. The molecule has 1 rings (SSSR count). The number of hydrogen-bond donors (Lipinski definition) is 3. The predicted octanol–water partition coefficient (Wildman–Crippen LogP) is -0.235. The van der Waals surface area contributed by atoms with E-state index < -0.39 is 12.0 Å². The standard InChI is InChI=1S/C19H29N3O4/c1-6-13(2)17(19(25)26-5)21-16(23)12-22(4)11-14-7-9-15(10-8-14)18(24)20-3/h7-10,13,17H,6,11-12H2,1-5H3,(H,20,24)(H,21,23)/p+1/t13-,17+/m1/s1. The molecule has 0 aliphatic rings. The van der Waals surface area contributed by atoms with E-state index in [0.29, 0.717) is 12.1 Å². The van der Waals surface area contributed by atoms with Gasteiger partial charge in [-0.25, -0.2) is 4.79 Å². The van der Waals surface area contributed by atoms with Crippen LogP contribution in [0.1, 0.15) is 36.2 Å². The molecule has 0 aliphatic carbocycles. The van der Waals surface area contributed by atoms with Gasteiger partial charge in [-0.3, -0.25) is 9.59 Å². The van der Waals surface area contributed by atoms with E-state index in [2.05, 4.69) is 10.6 Å². The van der Waals surface area contributed by atoms with Crippen LogP contribution in [0.2, 0.25) is 0 Å². The first kappa shape index (κ1) is 21.6. The van der Waals surface area contributed by atoms with Crippen molar-refractivity contribution in [1.29, 1.82) is 0 Å². The molecule has 0 aliphatic heterocycles. The second kappa shape index (κ2) is 10.6. The summed E-state index contributed by atoms with van der Waals surface area (Å²) in [6.45, 7) is 4.74. The molecule has 144 valence electrons. The summed E-state index contributed by atoms with van der Waals surface area (Å²) in [5, 5.41) is 5.36. The minimum atomic E-state index is -0.628. The molecule has 0 heterocycles. The average Bonchev–Trinajstić information content (AvgIpc) is 2.64. The molecular formula is C19H30N3O4+. The molecule has 7 nitrogen and oxygen atoms in total. The van der Waals surface area contributed by atoms with Gasteiger partial charge in [-0.1, -0.05) is 32.4 Å². The second-order valence-corrected chi connectivity index (χ2v) is 6.54. The Hall–Kier alpha value is -2.41. The van der Waals surface area contributed by atoms with Gasteiger partial charge in [0.1, 0.15) is 12.6 Å². The number of likely N-dealkylation sites (N-methyl/N-ethyl adjacent to an activating group) is 1. The van der Waals surface area contributed by atoms with Crippen LogP contribution < -0.4 is 15.5 Å². The maximum atomic E-state index is 12.3. The zero-order valence-corrected chi connectivity index (χ0v) is 16.2. The van der Waals surface area contributed by atoms with E-state index in [0.717, 1.165) is 16.9 Å². The summed E-state index contributed by atoms with van der Waals surface area (Å²) in [6, 6.07) is 6.65. The van der Waals surface area contributed by atoms with Crippen molar-refractivity contribution < 1.29 is 24.0 Å². The molecule has 0 fully saturated rings. The lowest BCUT2D eigenvalue weighted by atomic mass is 9.99. The van der Waals surface area contributed by atoms with Gasteiger partial charge in [0.05, 0.1) is 14.2 Å². The Kier molecular flexibility index (Phi) is 8.78. The van der Waals surface area contributed by atoms with E-state index in [1.165, 1.54) is 7.11 Å². The van der Waals surface area contributed by atoms with E-state index >= 15 is 0 Å². The normalized spacial score (nSPS) is 14.0. The van der Waals surface area contributed by atoms with Crippen LogP contribution in [0, 0.1) is 5.92 Å². The van der Waals surface area contributed by atoms with Crippen LogP contribution in [0.4, 0.5) is 0 Å². The summed E-state index contributed by atoms with van der Waals surface area (Å²) in [5.41, 5.74) is 1.62. The largest absolute Gasteiger partial charge is 0.467 e. The summed E-state index contributed by atoms with van der Waals surface area (Å²) >= 11 is 0. The van der Waals surface area contributed by atoms with Gasteiger partial charge in [-0.2, -0.15) is 0 Å². The van der Waals surface area contributed by atoms with Crippen LogP contribution in [0.5, 0.6) is 0 Å². The summed E-state index contributed by atoms with van der Waals surface area (Å²) in [4.78, 5) is 36.7. The topological polar surface area (TPSA) is 88.9 Å². The maximum Gasteiger partial charge on any atom is 0.328 e. The fraction of sp³-hybridized carbons (Fsp3) is 0.526. The van der Waals surface area contributed by atoms with Crippen LogP contribution in [0.3, 0.4) is 0 Å². The molecular weight excluding hydrogens is 334 g/mol. The third-order valence-electron chi connectivity index (χ3n) is 4.40. The SMILES string of the molecule is CC[C@@H](C)[C@H](NC(=O)C[NH+](C)Cc1ccc(C(=O)NC)cc1)C(=O)OC. The number of carbonyl (C=O) groups is 3. The quantitative estimate of drug-likeness (QED) is 0.528. The summed E-state index contributed by atoms with van der Waals surface area (Å²) in [6.07, 6.45) is 0.764. The zero-order valence-electron chi connectivity index (χ0n) is 16.2. The summed E-state index contributed by atoms with van der Waals surface area (Å²) in [7, 11) is 4.82. The van der Waals surface area contributed by atoms with Gasteiger partial charge >= 0.3 is 5.97 Å². The lowest BCUT2D eigenvalue weighted by molar-refractivity contribution is -0.885. The number of nitrogens with one attached hydrogen (secondary N) is 3. The molecule has 3 N–H and O–H groups in total. The number of carbonyl (C=O) groups excluding carboxylic acids is 3. The van der Waals surface area contributed by atoms with Crippen LogP contribution in [-0.4, -0.2) is 51.6 Å². The Bertz CT molecular complexity index is 616. The van der Waals surface area contributed by atoms with E-state index in [9.17, 15) is 14.4 Å². The summed E-state index contributed by atoms with van der Waals surface area (Å²) < 4.78 is 4.78. The number of amides is 2. The molecule has 0 radical (unpaired) electrons. The fourth-order valence-electron chi connectivity index (χ4n) is 2.62. The van der Waals surface area contributed by atoms with Crippen LogP contribution >= 0.6 is 0 Å². The third-order valence-corrected chi connectivity index (χ3v) is 4.40. The number of rotatable bonds is 9. The number of quaternary nitrogens is 1. The number of hydrogen-bond acceptors (Lipinski definition) is 4. The highest BCUT2D eigenvalue weighted by Crippen LogP contribution is 2.09. The van der Waals surface area contributed by atoms with Crippen molar-refractivity contribution in [3.05, 3.63) is 35.4 Å². The van der Waals surface area contributed by atoms with Crippen molar-refractivity contribution >= 4 is 17.8 Å². The zero-order chi connectivity index (χ0) is 19.7. The highest BCUT2D eigenvalue weighted by molar-refractivity contribution is 5.93. The number of benzene rings is 1. The molecule has 7 heteroatoms. The van der Waals surface area contributed by atoms with Gasteiger partial charge in [-0.05, 0) is 18.1 Å². The van der Waals surface area contributed by atoms with Crippen molar-refractivity contribution in [3.8, 4) is 0 Å². The molecule has 0 saturated heterocycles. The lowest BCUT2D eigenvalue weighted by Gasteiger charge is -2.22. The molecule has 0 bridgehead atoms. The number of methoxy groups -OCH3 is 1. The van der Waals surface area contributed by atoms with Gasteiger partial charge in [0, 0.05) is 18.2 Å². The van der Waals surface area contributed by atoms with Gasteiger partial charge in [-0.15, -0.1) is 0 Å². The monoisotopic (exact) mass is 364 g/mol. The Morgan fingerprint density at radius 1 is 1.19 bits per heavy atom. The van der Waals surface area contributed by atoms with Gasteiger partial charge in [0.25, 0.3) is 11.8 Å². The first-order valence-corrected chi connectivity index (χ1v) is 8.81. The predicted molar refractivity (Wildman–Crippen MR) is 98.7 cm³/mol. The summed E-state index contributed by atoms with van der Waals surface area (Å²) in [5.74, 6) is -0.741. The highest BCUT2D eigenvalue weighted by atomic mass is 16.5. The minimum Gasteiger partial charge on any atom is -0.467 e. The maximum absolute atomic E-state index is 12.3.